The summed E-state index contributed by atoms with van der Waals surface area (Å²) in [6.07, 6.45) is -7.52. The van der Waals surface area contributed by atoms with Crippen LogP contribution in [0.1, 0.15) is 10.4 Å². The molecular weight excluding hydrogens is 261 g/mol. The van der Waals surface area contributed by atoms with Gasteiger partial charge in [-0.3, -0.25) is 0 Å². The minimum Gasteiger partial charge on any atom is -0.459 e. The molecule has 0 radical (unpaired) electrons. The second-order valence-electron chi connectivity index (χ2n) is 3.14. The third kappa shape index (κ3) is 3.90. The minimum absolute atomic E-state index is 0.0523. The van der Waals surface area contributed by atoms with Crippen molar-refractivity contribution in [3.05, 3.63) is 34.9 Å². The third-order valence-electron chi connectivity index (χ3n) is 1.84. The highest BCUT2D eigenvalue weighted by molar-refractivity contribution is 6.33. The molecule has 0 aliphatic heterocycles. The predicted octanol–water partition coefficient (Wildman–Crippen LogP) is 2.42. The van der Waals surface area contributed by atoms with E-state index in [1.165, 1.54) is 18.2 Å². The summed E-state index contributed by atoms with van der Waals surface area (Å²) in [7, 11) is 0. The molecule has 17 heavy (non-hydrogen) atoms. The first kappa shape index (κ1) is 13.8. The second-order valence-corrected chi connectivity index (χ2v) is 3.54. The number of carbonyl (C=O) groups is 1. The zero-order chi connectivity index (χ0) is 13.1. The van der Waals surface area contributed by atoms with Crippen molar-refractivity contribution in [1.82, 2.24) is 0 Å². The smallest absolute Gasteiger partial charge is 0.417 e. The SMILES string of the molecule is O=C(OCC(O)C(F)(F)F)c1ccccc1Cl. The van der Waals surface area contributed by atoms with Crippen molar-refractivity contribution in [3.63, 3.8) is 0 Å². The van der Waals surface area contributed by atoms with Crippen molar-refractivity contribution in [2.75, 3.05) is 6.61 Å². The zero-order valence-electron chi connectivity index (χ0n) is 8.37. The van der Waals surface area contributed by atoms with Gasteiger partial charge in [-0.05, 0) is 12.1 Å². The molecule has 0 aromatic heterocycles. The zero-order valence-corrected chi connectivity index (χ0v) is 9.13. The number of alkyl halides is 3. The quantitative estimate of drug-likeness (QED) is 0.857. The Morgan fingerprint density at radius 1 is 1.41 bits per heavy atom. The van der Waals surface area contributed by atoms with Gasteiger partial charge in [0.2, 0.25) is 0 Å². The number of hydrogen-bond donors (Lipinski definition) is 1. The van der Waals surface area contributed by atoms with E-state index in [1.54, 1.807) is 6.07 Å². The molecule has 0 saturated carbocycles. The molecule has 1 rings (SSSR count). The van der Waals surface area contributed by atoms with Crippen molar-refractivity contribution in [2.45, 2.75) is 12.3 Å². The Bertz CT molecular complexity index is 406. The van der Waals surface area contributed by atoms with Crippen LogP contribution in [0.15, 0.2) is 24.3 Å². The van der Waals surface area contributed by atoms with Gasteiger partial charge in [-0.1, -0.05) is 23.7 Å². The van der Waals surface area contributed by atoms with Gasteiger partial charge in [-0.15, -0.1) is 0 Å². The molecule has 1 atom stereocenters. The van der Waals surface area contributed by atoms with Gasteiger partial charge in [0, 0.05) is 0 Å². The van der Waals surface area contributed by atoms with Crippen LogP contribution in [-0.4, -0.2) is 30.0 Å². The molecule has 0 aliphatic rings. The van der Waals surface area contributed by atoms with Crippen LogP contribution in [0.5, 0.6) is 0 Å². The van der Waals surface area contributed by atoms with E-state index in [0.717, 1.165) is 0 Å². The molecule has 7 heteroatoms. The molecule has 3 nitrogen and oxygen atoms in total. The Kier molecular flexibility index (Phi) is 4.36. The lowest BCUT2D eigenvalue weighted by molar-refractivity contribution is -0.212. The average Bonchev–Trinajstić information content (AvgIpc) is 2.24. The number of benzene rings is 1. The Morgan fingerprint density at radius 3 is 2.53 bits per heavy atom. The molecule has 0 heterocycles. The van der Waals surface area contributed by atoms with Gasteiger partial charge in [0.05, 0.1) is 10.6 Å². The van der Waals surface area contributed by atoms with Gasteiger partial charge >= 0.3 is 12.1 Å². The van der Waals surface area contributed by atoms with Crippen LogP contribution < -0.4 is 0 Å². The molecule has 1 aromatic rings. The number of aliphatic hydroxyl groups is 1. The van der Waals surface area contributed by atoms with E-state index in [1.807, 2.05) is 0 Å². The van der Waals surface area contributed by atoms with Gasteiger partial charge in [0.15, 0.2) is 6.10 Å². The van der Waals surface area contributed by atoms with Crippen LogP contribution >= 0.6 is 11.6 Å². The lowest BCUT2D eigenvalue weighted by Crippen LogP contribution is -2.33. The van der Waals surface area contributed by atoms with E-state index in [0.29, 0.717) is 0 Å². The molecule has 0 saturated heterocycles. The van der Waals surface area contributed by atoms with Crippen LogP contribution in [0.4, 0.5) is 13.2 Å². The number of carbonyl (C=O) groups excluding carboxylic acids is 1. The van der Waals surface area contributed by atoms with Crippen LogP contribution in [0.25, 0.3) is 0 Å². The summed E-state index contributed by atoms with van der Waals surface area (Å²) in [5.41, 5.74) is -0.0523. The van der Waals surface area contributed by atoms with Gasteiger partial charge in [-0.25, -0.2) is 4.79 Å². The number of aliphatic hydroxyl groups excluding tert-OH is 1. The van der Waals surface area contributed by atoms with E-state index in [4.69, 9.17) is 16.7 Å². The number of esters is 1. The Balaban J connectivity index is 2.60. The monoisotopic (exact) mass is 268 g/mol. The molecular formula is C10H8ClF3O3. The first-order valence-electron chi connectivity index (χ1n) is 4.49. The molecule has 0 aliphatic carbocycles. The van der Waals surface area contributed by atoms with E-state index in [-0.39, 0.29) is 10.6 Å². The summed E-state index contributed by atoms with van der Waals surface area (Å²) < 4.78 is 40.0. The topological polar surface area (TPSA) is 46.5 Å². The Hall–Kier alpha value is -1.27. The first-order valence-corrected chi connectivity index (χ1v) is 4.86. The molecule has 0 fully saturated rings. The Labute approximate surface area is 99.8 Å². The normalized spacial score (nSPS) is 13.2. The summed E-state index contributed by atoms with van der Waals surface area (Å²) in [6, 6.07) is 5.76. The lowest BCUT2D eigenvalue weighted by atomic mass is 10.2. The summed E-state index contributed by atoms with van der Waals surface area (Å²) in [6.45, 7) is -1.16. The van der Waals surface area contributed by atoms with Gasteiger partial charge in [-0.2, -0.15) is 13.2 Å². The third-order valence-corrected chi connectivity index (χ3v) is 2.17. The van der Waals surface area contributed by atoms with Gasteiger partial charge in [0.25, 0.3) is 0 Å². The summed E-state index contributed by atoms with van der Waals surface area (Å²) in [5, 5.41) is 8.68. The fourth-order valence-corrected chi connectivity index (χ4v) is 1.17. The molecule has 1 unspecified atom stereocenters. The molecule has 1 aromatic carbocycles. The highest BCUT2D eigenvalue weighted by atomic mass is 35.5. The number of ether oxygens (including phenoxy) is 1. The summed E-state index contributed by atoms with van der Waals surface area (Å²) in [4.78, 5) is 11.3. The summed E-state index contributed by atoms with van der Waals surface area (Å²) >= 11 is 5.64. The number of hydrogen-bond acceptors (Lipinski definition) is 3. The number of halogens is 4. The maximum absolute atomic E-state index is 11.9. The highest BCUT2D eigenvalue weighted by Gasteiger charge is 2.39. The average molecular weight is 269 g/mol. The van der Waals surface area contributed by atoms with Crippen molar-refractivity contribution >= 4 is 17.6 Å². The van der Waals surface area contributed by atoms with E-state index in [9.17, 15) is 18.0 Å². The molecule has 0 spiro atoms. The van der Waals surface area contributed by atoms with Gasteiger partial charge in [0.1, 0.15) is 6.61 Å². The van der Waals surface area contributed by atoms with E-state index in [2.05, 4.69) is 4.74 Å². The minimum atomic E-state index is -4.82. The standard InChI is InChI=1S/C10H8ClF3O3/c11-7-4-2-1-3-6(7)9(16)17-5-8(15)10(12,13)14/h1-4,8,15H,5H2. The van der Waals surface area contributed by atoms with Gasteiger partial charge < -0.3 is 9.84 Å². The highest BCUT2D eigenvalue weighted by Crippen LogP contribution is 2.21. The van der Waals surface area contributed by atoms with E-state index < -0.39 is 24.9 Å². The Morgan fingerprint density at radius 2 is 2.00 bits per heavy atom. The van der Waals surface area contributed by atoms with Crippen molar-refractivity contribution in [1.29, 1.82) is 0 Å². The summed E-state index contributed by atoms with van der Waals surface area (Å²) in [5.74, 6) is -1.01. The van der Waals surface area contributed by atoms with E-state index >= 15 is 0 Å². The van der Waals surface area contributed by atoms with Crippen molar-refractivity contribution in [2.24, 2.45) is 0 Å². The first-order chi connectivity index (χ1) is 7.82. The molecule has 0 bridgehead atoms. The lowest BCUT2D eigenvalue weighted by Gasteiger charge is -2.14. The predicted molar refractivity (Wildman–Crippen MR) is 53.8 cm³/mol. The largest absolute Gasteiger partial charge is 0.459 e. The molecule has 94 valence electrons. The fraction of sp³-hybridized carbons (Fsp3) is 0.300. The second kappa shape index (κ2) is 5.37. The van der Waals surface area contributed by atoms with Crippen molar-refractivity contribution in [3.8, 4) is 0 Å². The van der Waals surface area contributed by atoms with Crippen LogP contribution in [-0.2, 0) is 4.74 Å². The van der Waals surface area contributed by atoms with Crippen LogP contribution in [0.2, 0.25) is 5.02 Å². The maximum atomic E-state index is 11.9. The molecule has 0 amide bonds. The van der Waals surface area contributed by atoms with Crippen molar-refractivity contribution < 1.29 is 27.8 Å². The van der Waals surface area contributed by atoms with Crippen LogP contribution in [0.3, 0.4) is 0 Å². The molecule has 1 N–H and O–H groups in total. The maximum Gasteiger partial charge on any atom is 0.417 e. The fourth-order valence-electron chi connectivity index (χ4n) is 0.954. The number of rotatable bonds is 3. The van der Waals surface area contributed by atoms with Crippen LogP contribution in [0, 0.1) is 0 Å².